The number of nitrogens with one attached hydrogen (secondary N) is 1. The van der Waals surface area contributed by atoms with E-state index in [-0.39, 0.29) is 5.41 Å². The molecule has 1 aliphatic carbocycles. The van der Waals surface area contributed by atoms with Gasteiger partial charge in [0.2, 0.25) is 10.0 Å². The van der Waals surface area contributed by atoms with Crippen LogP contribution in [0.3, 0.4) is 0 Å². The Hall–Kier alpha value is -0.390. The molecule has 17 heavy (non-hydrogen) atoms. The van der Waals surface area contributed by atoms with Crippen molar-refractivity contribution in [3.05, 3.63) is 29.8 Å². The maximum absolute atomic E-state index is 12.1. The first kappa shape index (κ1) is 13.1. The van der Waals surface area contributed by atoms with Gasteiger partial charge in [-0.2, -0.15) is 0 Å². The van der Waals surface area contributed by atoms with Gasteiger partial charge in [0.1, 0.15) is 0 Å². The number of alkyl halides is 1. The molecule has 0 atom stereocenters. The summed E-state index contributed by atoms with van der Waals surface area (Å²) in [7, 11) is -3.37. The highest BCUT2D eigenvalue weighted by molar-refractivity contribution is 9.09. The molecule has 5 heteroatoms. The predicted octanol–water partition coefficient (Wildman–Crippen LogP) is 2.45. The van der Waals surface area contributed by atoms with Gasteiger partial charge in [-0.05, 0) is 36.8 Å². The molecular weight excluding hydrogens is 302 g/mol. The predicted molar refractivity (Wildman–Crippen MR) is 71.8 cm³/mol. The second-order valence-electron chi connectivity index (χ2n) is 4.72. The van der Waals surface area contributed by atoms with Crippen LogP contribution in [0.4, 0.5) is 0 Å². The zero-order valence-corrected chi connectivity index (χ0v) is 12.1. The Labute approximate surface area is 111 Å². The monoisotopic (exact) mass is 317 g/mol. The number of halogens is 1. The van der Waals surface area contributed by atoms with Crippen molar-refractivity contribution in [3.63, 3.8) is 0 Å². The van der Waals surface area contributed by atoms with Crippen LogP contribution in [0.1, 0.15) is 18.4 Å². The largest absolute Gasteiger partial charge is 0.240 e. The zero-order valence-electron chi connectivity index (χ0n) is 9.74. The number of benzene rings is 1. The third kappa shape index (κ3) is 2.89. The van der Waals surface area contributed by atoms with Crippen molar-refractivity contribution in [1.29, 1.82) is 0 Å². The van der Waals surface area contributed by atoms with Crippen LogP contribution >= 0.6 is 15.9 Å². The summed E-state index contributed by atoms with van der Waals surface area (Å²) in [5, 5.41) is 0.857. The van der Waals surface area contributed by atoms with Gasteiger partial charge < -0.3 is 0 Å². The average molecular weight is 318 g/mol. The second-order valence-corrected chi connectivity index (χ2v) is 7.02. The smallest absolute Gasteiger partial charge is 0.211 e. The summed E-state index contributed by atoms with van der Waals surface area (Å²) >= 11 is 3.44. The molecule has 0 radical (unpaired) electrons. The quantitative estimate of drug-likeness (QED) is 0.848. The maximum atomic E-state index is 12.1. The summed E-state index contributed by atoms with van der Waals surface area (Å²) in [5.74, 6) is 0. The van der Waals surface area contributed by atoms with Crippen LogP contribution in [0.2, 0.25) is 0 Å². The van der Waals surface area contributed by atoms with E-state index in [2.05, 4.69) is 20.7 Å². The fraction of sp³-hybridized carbons (Fsp3) is 0.500. The summed E-state index contributed by atoms with van der Waals surface area (Å²) in [5.41, 5.74) is 0.930. The van der Waals surface area contributed by atoms with E-state index in [1.165, 1.54) is 0 Å². The zero-order chi connectivity index (χ0) is 12.5. The third-order valence-corrected chi connectivity index (χ3v) is 6.01. The van der Waals surface area contributed by atoms with Gasteiger partial charge in [0, 0.05) is 11.9 Å². The minimum atomic E-state index is -3.37. The van der Waals surface area contributed by atoms with Gasteiger partial charge in [-0.15, -0.1) is 0 Å². The van der Waals surface area contributed by atoms with E-state index in [1.54, 1.807) is 12.1 Å². The molecule has 1 aromatic carbocycles. The molecule has 3 nitrogen and oxygen atoms in total. The average Bonchev–Trinajstić information content (AvgIpc) is 3.08. The number of hydrogen-bond donors (Lipinski definition) is 1. The van der Waals surface area contributed by atoms with Crippen molar-refractivity contribution >= 4 is 26.0 Å². The van der Waals surface area contributed by atoms with E-state index in [0.29, 0.717) is 11.4 Å². The van der Waals surface area contributed by atoms with Crippen molar-refractivity contribution in [2.24, 2.45) is 5.41 Å². The molecule has 0 unspecified atom stereocenters. The molecule has 0 spiro atoms. The molecular formula is C12H16BrNO2S. The van der Waals surface area contributed by atoms with E-state index in [9.17, 15) is 8.42 Å². The van der Waals surface area contributed by atoms with Crippen molar-refractivity contribution < 1.29 is 8.42 Å². The Morgan fingerprint density at radius 3 is 2.53 bits per heavy atom. The molecule has 0 aliphatic heterocycles. The molecule has 0 heterocycles. The van der Waals surface area contributed by atoms with E-state index >= 15 is 0 Å². The van der Waals surface area contributed by atoms with E-state index in [4.69, 9.17) is 0 Å². The number of hydrogen-bond acceptors (Lipinski definition) is 2. The molecule has 1 saturated carbocycles. The maximum Gasteiger partial charge on any atom is 0.240 e. The lowest BCUT2D eigenvalue weighted by Crippen LogP contribution is -2.31. The Morgan fingerprint density at radius 2 is 2.00 bits per heavy atom. The van der Waals surface area contributed by atoms with E-state index < -0.39 is 10.0 Å². The summed E-state index contributed by atoms with van der Waals surface area (Å²) in [6, 6.07) is 7.05. The third-order valence-electron chi connectivity index (χ3n) is 3.26. The first-order valence-corrected chi connectivity index (χ1v) is 8.21. The van der Waals surface area contributed by atoms with Crippen LogP contribution in [-0.4, -0.2) is 20.3 Å². The van der Waals surface area contributed by atoms with Crippen LogP contribution in [0, 0.1) is 12.3 Å². The molecule has 1 aromatic rings. The lowest BCUT2D eigenvalue weighted by atomic mass is 10.1. The number of aryl methyl sites for hydroxylation is 1. The Kier molecular flexibility index (Phi) is 3.61. The molecule has 0 aromatic heterocycles. The molecule has 1 aliphatic rings. The lowest BCUT2D eigenvalue weighted by molar-refractivity contribution is 0.538. The topological polar surface area (TPSA) is 46.2 Å². The van der Waals surface area contributed by atoms with Crippen molar-refractivity contribution in [2.75, 3.05) is 11.9 Å². The lowest BCUT2D eigenvalue weighted by Gasteiger charge is -2.14. The highest BCUT2D eigenvalue weighted by Crippen LogP contribution is 2.46. The Balaban J connectivity index is 2.12. The highest BCUT2D eigenvalue weighted by Gasteiger charge is 2.42. The van der Waals surface area contributed by atoms with Crippen molar-refractivity contribution in [3.8, 4) is 0 Å². The number of sulfonamides is 1. The molecule has 2 rings (SSSR count). The Morgan fingerprint density at radius 1 is 1.35 bits per heavy atom. The van der Waals surface area contributed by atoms with Gasteiger partial charge in [-0.1, -0.05) is 34.1 Å². The van der Waals surface area contributed by atoms with Crippen LogP contribution < -0.4 is 4.72 Å². The molecule has 0 saturated heterocycles. The number of rotatable bonds is 5. The van der Waals surface area contributed by atoms with Gasteiger partial charge >= 0.3 is 0 Å². The summed E-state index contributed by atoms with van der Waals surface area (Å²) < 4.78 is 26.9. The van der Waals surface area contributed by atoms with Crippen LogP contribution in [0.25, 0.3) is 0 Å². The summed E-state index contributed by atoms with van der Waals surface area (Å²) in [6.45, 7) is 2.33. The van der Waals surface area contributed by atoms with Gasteiger partial charge in [0.05, 0.1) is 4.90 Å². The highest BCUT2D eigenvalue weighted by atomic mass is 79.9. The Bertz CT molecular complexity index is 509. The first-order valence-electron chi connectivity index (χ1n) is 5.60. The minimum Gasteiger partial charge on any atom is -0.211 e. The second kappa shape index (κ2) is 4.71. The SMILES string of the molecule is Cc1ccccc1S(=O)(=O)NCC1(CBr)CC1. The fourth-order valence-corrected chi connectivity index (χ4v) is 3.88. The van der Waals surface area contributed by atoms with E-state index in [1.807, 2.05) is 19.1 Å². The van der Waals surface area contributed by atoms with Crippen LogP contribution in [0.5, 0.6) is 0 Å². The van der Waals surface area contributed by atoms with Gasteiger partial charge in [0.15, 0.2) is 0 Å². The van der Waals surface area contributed by atoms with Crippen molar-refractivity contribution in [2.45, 2.75) is 24.7 Å². The minimum absolute atomic E-state index is 0.149. The van der Waals surface area contributed by atoms with Crippen LogP contribution in [-0.2, 0) is 10.0 Å². The first-order chi connectivity index (χ1) is 7.99. The summed E-state index contributed by atoms with van der Waals surface area (Å²) in [4.78, 5) is 0.380. The normalized spacial score (nSPS) is 18.0. The standard InChI is InChI=1S/C12H16BrNO2S/c1-10-4-2-3-5-11(10)17(15,16)14-9-12(8-13)6-7-12/h2-5,14H,6-9H2,1H3. The molecule has 1 N–H and O–H groups in total. The molecule has 0 amide bonds. The fourth-order valence-electron chi connectivity index (χ4n) is 1.72. The van der Waals surface area contributed by atoms with Gasteiger partial charge in [-0.3, -0.25) is 0 Å². The van der Waals surface area contributed by atoms with E-state index in [0.717, 1.165) is 23.7 Å². The summed E-state index contributed by atoms with van der Waals surface area (Å²) in [6.07, 6.45) is 2.18. The van der Waals surface area contributed by atoms with Gasteiger partial charge in [-0.25, -0.2) is 13.1 Å². The molecule has 0 bridgehead atoms. The molecule has 94 valence electrons. The van der Waals surface area contributed by atoms with Crippen LogP contribution in [0.15, 0.2) is 29.2 Å². The van der Waals surface area contributed by atoms with Crippen molar-refractivity contribution in [1.82, 2.24) is 4.72 Å². The molecule has 1 fully saturated rings. The van der Waals surface area contributed by atoms with Gasteiger partial charge in [0.25, 0.3) is 0 Å².